The summed E-state index contributed by atoms with van der Waals surface area (Å²) in [6.45, 7) is 1.02. The maximum atomic E-state index is 3.24. The van der Waals surface area contributed by atoms with Crippen LogP contribution in [0.25, 0.3) is 5.57 Å². The van der Waals surface area contributed by atoms with Gasteiger partial charge in [0.25, 0.3) is 0 Å². The standard InChI is InChI=1S/C22H27N/c1-23-16-8-13-22(19-10-5-3-6-11-19)21-15-14-18-9-4-2-7-12-20(18)17-21/h3,5-6,10-11,13-15,17,23H,2,4,7-9,12,16H2,1H3/b22-13+. The Morgan fingerprint density at radius 3 is 2.48 bits per heavy atom. The monoisotopic (exact) mass is 305 g/mol. The zero-order valence-corrected chi connectivity index (χ0v) is 14.1. The summed E-state index contributed by atoms with van der Waals surface area (Å²) in [6.07, 6.45) is 9.97. The molecule has 0 atom stereocenters. The van der Waals surface area contributed by atoms with Gasteiger partial charge in [-0.05, 0) is 73.5 Å². The van der Waals surface area contributed by atoms with Gasteiger partial charge in [-0.25, -0.2) is 0 Å². The van der Waals surface area contributed by atoms with E-state index in [1.807, 2.05) is 7.05 Å². The molecular formula is C22H27N. The Morgan fingerprint density at radius 1 is 0.913 bits per heavy atom. The summed E-state index contributed by atoms with van der Waals surface area (Å²) in [5.41, 5.74) is 7.18. The molecule has 0 unspecified atom stereocenters. The van der Waals surface area contributed by atoms with E-state index < -0.39 is 0 Å². The number of benzene rings is 2. The van der Waals surface area contributed by atoms with Gasteiger partial charge in [0.2, 0.25) is 0 Å². The number of hydrogen-bond acceptors (Lipinski definition) is 1. The lowest BCUT2D eigenvalue weighted by atomic mass is 9.92. The minimum atomic E-state index is 1.02. The van der Waals surface area contributed by atoms with Crippen LogP contribution in [0.3, 0.4) is 0 Å². The zero-order chi connectivity index (χ0) is 15.9. The maximum absolute atomic E-state index is 3.24. The van der Waals surface area contributed by atoms with Gasteiger partial charge < -0.3 is 5.32 Å². The lowest BCUT2D eigenvalue weighted by Gasteiger charge is -2.13. The second kappa shape index (κ2) is 8.12. The van der Waals surface area contributed by atoms with Crippen molar-refractivity contribution in [3.05, 3.63) is 76.9 Å². The molecule has 0 aliphatic heterocycles. The van der Waals surface area contributed by atoms with E-state index in [0.717, 1.165) is 13.0 Å². The number of nitrogens with one attached hydrogen (secondary N) is 1. The highest BCUT2D eigenvalue weighted by Crippen LogP contribution is 2.28. The van der Waals surface area contributed by atoms with Crippen LogP contribution in [-0.2, 0) is 12.8 Å². The van der Waals surface area contributed by atoms with E-state index in [2.05, 4.69) is 59.9 Å². The van der Waals surface area contributed by atoms with Crippen molar-refractivity contribution in [3.8, 4) is 0 Å². The first-order chi connectivity index (χ1) is 11.4. The molecule has 2 aromatic rings. The largest absolute Gasteiger partial charge is 0.319 e. The summed E-state index contributed by atoms with van der Waals surface area (Å²) in [6, 6.07) is 17.9. The molecule has 0 saturated heterocycles. The first-order valence-corrected chi connectivity index (χ1v) is 8.91. The first-order valence-electron chi connectivity index (χ1n) is 8.91. The topological polar surface area (TPSA) is 12.0 Å². The number of aryl methyl sites for hydroxylation is 2. The smallest absolute Gasteiger partial charge is 0.00169 e. The predicted molar refractivity (Wildman–Crippen MR) is 99.8 cm³/mol. The van der Waals surface area contributed by atoms with E-state index >= 15 is 0 Å². The van der Waals surface area contributed by atoms with Crippen LogP contribution < -0.4 is 5.32 Å². The van der Waals surface area contributed by atoms with Crippen molar-refractivity contribution in [2.45, 2.75) is 38.5 Å². The summed E-state index contributed by atoms with van der Waals surface area (Å²) in [5.74, 6) is 0. The highest BCUT2D eigenvalue weighted by atomic mass is 14.8. The van der Waals surface area contributed by atoms with Crippen molar-refractivity contribution >= 4 is 5.57 Å². The summed E-state index contributed by atoms with van der Waals surface area (Å²) in [4.78, 5) is 0. The Kier molecular flexibility index (Phi) is 5.65. The van der Waals surface area contributed by atoms with Crippen molar-refractivity contribution in [1.82, 2.24) is 5.32 Å². The summed E-state index contributed by atoms with van der Waals surface area (Å²) < 4.78 is 0. The van der Waals surface area contributed by atoms with E-state index in [1.165, 1.54) is 48.8 Å². The Balaban J connectivity index is 1.96. The molecule has 0 fully saturated rings. The van der Waals surface area contributed by atoms with E-state index in [4.69, 9.17) is 0 Å². The fourth-order valence-corrected chi connectivity index (χ4v) is 3.46. The number of fused-ring (bicyclic) bond motifs is 1. The summed E-state index contributed by atoms with van der Waals surface area (Å²) in [5, 5.41) is 3.24. The van der Waals surface area contributed by atoms with Crippen LogP contribution in [-0.4, -0.2) is 13.6 Å². The second-order valence-corrected chi connectivity index (χ2v) is 6.42. The third kappa shape index (κ3) is 4.11. The highest BCUT2D eigenvalue weighted by molar-refractivity contribution is 5.80. The molecule has 120 valence electrons. The van der Waals surface area contributed by atoms with Crippen LogP contribution in [0.1, 0.15) is 47.9 Å². The van der Waals surface area contributed by atoms with Gasteiger partial charge in [0, 0.05) is 0 Å². The van der Waals surface area contributed by atoms with Gasteiger partial charge in [0.05, 0.1) is 0 Å². The van der Waals surface area contributed by atoms with Gasteiger partial charge in [-0.1, -0.05) is 61.0 Å². The molecule has 3 rings (SSSR count). The molecule has 2 aromatic carbocycles. The first kappa shape index (κ1) is 16.0. The van der Waals surface area contributed by atoms with Gasteiger partial charge in [-0.2, -0.15) is 0 Å². The maximum Gasteiger partial charge on any atom is -0.00169 e. The molecule has 0 amide bonds. The molecule has 0 spiro atoms. The Labute approximate surface area is 140 Å². The summed E-state index contributed by atoms with van der Waals surface area (Å²) >= 11 is 0. The zero-order valence-electron chi connectivity index (χ0n) is 14.1. The Morgan fingerprint density at radius 2 is 1.70 bits per heavy atom. The summed E-state index contributed by atoms with van der Waals surface area (Å²) in [7, 11) is 2.01. The molecule has 1 nitrogen and oxygen atoms in total. The van der Waals surface area contributed by atoms with Crippen LogP contribution in [0.15, 0.2) is 54.6 Å². The third-order valence-corrected chi connectivity index (χ3v) is 4.74. The molecule has 0 aromatic heterocycles. The van der Waals surface area contributed by atoms with Crippen LogP contribution in [0.4, 0.5) is 0 Å². The normalized spacial score (nSPS) is 15.1. The number of rotatable bonds is 5. The molecule has 0 heterocycles. The van der Waals surface area contributed by atoms with Crippen molar-refractivity contribution in [3.63, 3.8) is 0 Å². The van der Waals surface area contributed by atoms with Crippen LogP contribution in [0.2, 0.25) is 0 Å². The van der Waals surface area contributed by atoms with Crippen molar-refractivity contribution in [2.75, 3.05) is 13.6 Å². The van der Waals surface area contributed by atoms with Gasteiger partial charge in [0.1, 0.15) is 0 Å². The van der Waals surface area contributed by atoms with Gasteiger partial charge in [-0.15, -0.1) is 0 Å². The predicted octanol–water partition coefficient (Wildman–Crippen LogP) is 5.00. The quantitative estimate of drug-likeness (QED) is 0.605. The van der Waals surface area contributed by atoms with E-state index in [9.17, 15) is 0 Å². The molecule has 0 bridgehead atoms. The highest BCUT2D eigenvalue weighted by Gasteiger charge is 2.11. The Hall–Kier alpha value is -1.86. The molecular weight excluding hydrogens is 278 g/mol. The molecule has 1 N–H and O–H groups in total. The molecule has 0 radical (unpaired) electrons. The van der Waals surface area contributed by atoms with E-state index in [0.29, 0.717) is 0 Å². The van der Waals surface area contributed by atoms with Gasteiger partial charge in [0.15, 0.2) is 0 Å². The average Bonchev–Trinajstić information content (AvgIpc) is 2.84. The minimum Gasteiger partial charge on any atom is -0.319 e. The lowest BCUT2D eigenvalue weighted by Crippen LogP contribution is -2.06. The molecule has 1 aliphatic rings. The SMILES string of the molecule is CNCC/C=C(\c1ccccc1)c1ccc2c(c1)CCCCC2. The third-order valence-electron chi connectivity index (χ3n) is 4.74. The fraction of sp³-hybridized carbons (Fsp3) is 0.364. The molecule has 0 saturated carbocycles. The van der Waals surface area contributed by atoms with E-state index in [1.54, 1.807) is 11.1 Å². The molecule has 23 heavy (non-hydrogen) atoms. The van der Waals surface area contributed by atoms with Crippen molar-refractivity contribution < 1.29 is 0 Å². The van der Waals surface area contributed by atoms with E-state index in [-0.39, 0.29) is 0 Å². The average molecular weight is 305 g/mol. The Bertz CT molecular complexity index is 655. The van der Waals surface area contributed by atoms with Gasteiger partial charge in [-0.3, -0.25) is 0 Å². The molecule has 1 heteroatoms. The van der Waals surface area contributed by atoms with Crippen molar-refractivity contribution in [1.29, 1.82) is 0 Å². The van der Waals surface area contributed by atoms with Crippen LogP contribution in [0, 0.1) is 0 Å². The molecule has 1 aliphatic carbocycles. The van der Waals surface area contributed by atoms with Crippen LogP contribution in [0.5, 0.6) is 0 Å². The van der Waals surface area contributed by atoms with Gasteiger partial charge >= 0.3 is 0 Å². The van der Waals surface area contributed by atoms with Crippen molar-refractivity contribution in [2.24, 2.45) is 0 Å². The minimum absolute atomic E-state index is 1.02. The van der Waals surface area contributed by atoms with Crippen LogP contribution >= 0.6 is 0 Å². The fourth-order valence-electron chi connectivity index (χ4n) is 3.46. The second-order valence-electron chi connectivity index (χ2n) is 6.42. The number of hydrogen-bond donors (Lipinski definition) is 1. The lowest BCUT2D eigenvalue weighted by molar-refractivity contribution is 0.711.